The minimum absolute atomic E-state index is 0.00281. The number of piperidine rings is 1. The van der Waals surface area contributed by atoms with Crippen LogP contribution in [-0.4, -0.2) is 48.2 Å². The average Bonchev–Trinajstić information content (AvgIpc) is 2.49. The Labute approximate surface area is 122 Å². The summed E-state index contributed by atoms with van der Waals surface area (Å²) in [6.45, 7) is 4.89. The third-order valence-corrected chi connectivity index (χ3v) is 4.95. The zero-order valence-electron chi connectivity index (χ0n) is 12.9. The van der Waals surface area contributed by atoms with E-state index < -0.39 is 0 Å². The molecule has 1 saturated heterocycles. The van der Waals surface area contributed by atoms with Crippen molar-refractivity contribution >= 4 is 5.91 Å². The Morgan fingerprint density at radius 1 is 1.30 bits per heavy atom. The van der Waals surface area contributed by atoms with Crippen molar-refractivity contribution in [2.45, 2.75) is 64.3 Å². The van der Waals surface area contributed by atoms with Gasteiger partial charge in [0.2, 0.25) is 5.91 Å². The number of hydrogen-bond acceptors (Lipinski definition) is 3. The lowest BCUT2D eigenvalue weighted by Gasteiger charge is -2.42. The first-order valence-corrected chi connectivity index (χ1v) is 8.34. The molecule has 0 aromatic rings. The van der Waals surface area contributed by atoms with Crippen LogP contribution >= 0.6 is 0 Å². The van der Waals surface area contributed by atoms with Crippen LogP contribution in [0.25, 0.3) is 0 Å². The van der Waals surface area contributed by atoms with E-state index in [0.29, 0.717) is 0 Å². The summed E-state index contributed by atoms with van der Waals surface area (Å²) in [4.78, 5) is 14.6. The van der Waals surface area contributed by atoms with Crippen molar-refractivity contribution in [3.8, 4) is 0 Å². The van der Waals surface area contributed by atoms with Gasteiger partial charge in [0, 0.05) is 18.5 Å². The Morgan fingerprint density at radius 3 is 2.70 bits per heavy atom. The van der Waals surface area contributed by atoms with Gasteiger partial charge >= 0.3 is 0 Å². The topological polar surface area (TPSA) is 52.6 Å². The molecule has 0 aromatic heterocycles. The molecule has 1 unspecified atom stereocenters. The van der Waals surface area contributed by atoms with Crippen LogP contribution in [0.2, 0.25) is 0 Å². The van der Waals surface area contributed by atoms with E-state index in [0.717, 1.165) is 51.7 Å². The molecular formula is C16H30N2O2. The third kappa shape index (κ3) is 3.73. The summed E-state index contributed by atoms with van der Waals surface area (Å²) in [7, 11) is 0. The number of nitrogens with zero attached hydrogens (tertiary/aromatic N) is 1. The van der Waals surface area contributed by atoms with Crippen molar-refractivity contribution in [1.82, 2.24) is 10.2 Å². The van der Waals surface area contributed by atoms with E-state index >= 15 is 0 Å². The number of nitrogens with one attached hydrogen (secondary N) is 1. The maximum atomic E-state index is 12.5. The highest BCUT2D eigenvalue weighted by molar-refractivity contribution is 5.82. The van der Waals surface area contributed by atoms with Crippen molar-refractivity contribution in [2.75, 3.05) is 26.2 Å². The van der Waals surface area contributed by atoms with Gasteiger partial charge in [-0.2, -0.15) is 0 Å². The number of carbonyl (C=O) groups is 1. The Kier molecular flexibility index (Phi) is 5.85. The normalized spacial score (nSPS) is 26.8. The van der Waals surface area contributed by atoms with Crippen molar-refractivity contribution in [3.05, 3.63) is 0 Å². The first-order chi connectivity index (χ1) is 9.71. The third-order valence-electron chi connectivity index (χ3n) is 4.95. The molecule has 0 radical (unpaired) electrons. The molecule has 1 aliphatic carbocycles. The molecule has 2 aliphatic rings. The molecule has 0 bridgehead atoms. The zero-order chi connectivity index (χ0) is 14.4. The predicted octanol–water partition coefficient (Wildman–Crippen LogP) is 1.92. The zero-order valence-corrected chi connectivity index (χ0v) is 12.9. The molecule has 1 heterocycles. The van der Waals surface area contributed by atoms with Crippen LogP contribution in [0.4, 0.5) is 0 Å². The lowest BCUT2D eigenvalue weighted by molar-refractivity contribution is -0.138. The van der Waals surface area contributed by atoms with Crippen molar-refractivity contribution < 1.29 is 9.90 Å². The van der Waals surface area contributed by atoms with Crippen molar-refractivity contribution in [1.29, 1.82) is 0 Å². The average molecular weight is 282 g/mol. The van der Waals surface area contributed by atoms with E-state index in [1.807, 2.05) is 4.90 Å². The number of hydrogen-bond donors (Lipinski definition) is 2. The Hall–Kier alpha value is -0.610. The van der Waals surface area contributed by atoms with Crippen LogP contribution in [-0.2, 0) is 4.79 Å². The standard InChI is InChI=1S/C16H30N2O2/c1-2-10-17-14-7-6-11-18(15(14)20)12-16(13-19)8-4-3-5-9-16/h14,17,19H,2-13H2,1H3. The van der Waals surface area contributed by atoms with Gasteiger partial charge in [-0.05, 0) is 38.6 Å². The number of amides is 1. The molecular weight excluding hydrogens is 252 g/mol. The largest absolute Gasteiger partial charge is 0.396 e. The predicted molar refractivity (Wildman–Crippen MR) is 80.5 cm³/mol. The fourth-order valence-electron chi connectivity index (χ4n) is 3.68. The number of carbonyl (C=O) groups excluding carboxylic acids is 1. The summed E-state index contributed by atoms with van der Waals surface area (Å²) in [6, 6.07) is 0.00281. The molecule has 4 nitrogen and oxygen atoms in total. The van der Waals surface area contributed by atoms with Gasteiger partial charge in [-0.1, -0.05) is 26.2 Å². The number of aliphatic hydroxyl groups excluding tert-OH is 1. The highest BCUT2D eigenvalue weighted by Crippen LogP contribution is 2.37. The minimum Gasteiger partial charge on any atom is -0.396 e. The van der Waals surface area contributed by atoms with Gasteiger partial charge in [0.05, 0.1) is 12.6 Å². The second-order valence-electron chi connectivity index (χ2n) is 6.63. The fraction of sp³-hybridized carbons (Fsp3) is 0.938. The Morgan fingerprint density at radius 2 is 2.05 bits per heavy atom. The lowest BCUT2D eigenvalue weighted by atomic mass is 9.74. The van der Waals surface area contributed by atoms with Crippen LogP contribution < -0.4 is 5.32 Å². The van der Waals surface area contributed by atoms with E-state index in [-0.39, 0.29) is 24.0 Å². The van der Waals surface area contributed by atoms with E-state index in [4.69, 9.17) is 0 Å². The summed E-state index contributed by atoms with van der Waals surface area (Å²) in [5.41, 5.74) is -0.0272. The summed E-state index contributed by atoms with van der Waals surface area (Å²) in [5.74, 6) is 0.253. The lowest BCUT2D eigenvalue weighted by Crippen LogP contribution is -2.54. The summed E-state index contributed by atoms with van der Waals surface area (Å²) in [6.07, 6.45) is 8.90. The van der Waals surface area contributed by atoms with E-state index in [1.54, 1.807) is 0 Å². The summed E-state index contributed by atoms with van der Waals surface area (Å²) in [5, 5.41) is 13.2. The first kappa shape index (κ1) is 15.8. The molecule has 20 heavy (non-hydrogen) atoms. The van der Waals surface area contributed by atoms with Gasteiger partial charge in [0.15, 0.2) is 0 Å². The van der Waals surface area contributed by atoms with Gasteiger partial charge < -0.3 is 15.3 Å². The van der Waals surface area contributed by atoms with Gasteiger partial charge in [0.25, 0.3) is 0 Å². The maximum Gasteiger partial charge on any atom is 0.239 e. The van der Waals surface area contributed by atoms with Gasteiger partial charge in [-0.3, -0.25) is 4.79 Å². The molecule has 1 atom stereocenters. The second-order valence-corrected chi connectivity index (χ2v) is 6.63. The molecule has 1 amide bonds. The fourth-order valence-corrected chi connectivity index (χ4v) is 3.68. The SMILES string of the molecule is CCCNC1CCCN(CC2(CO)CCCCC2)C1=O. The molecule has 0 aromatic carbocycles. The molecule has 1 aliphatic heterocycles. The van der Waals surface area contributed by atoms with Gasteiger partial charge in [-0.25, -0.2) is 0 Å². The number of likely N-dealkylation sites (tertiary alicyclic amines) is 1. The van der Waals surface area contributed by atoms with Crippen LogP contribution in [0.1, 0.15) is 58.3 Å². The Bertz CT molecular complexity index is 314. The molecule has 4 heteroatoms. The highest BCUT2D eigenvalue weighted by atomic mass is 16.3. The highest BCUT2D eigenvalue weighted by Gasteiger charge is 2.37. The monoisotopic (exact) mass is 282 g/mol. The van der Waals surface area contributed by atoms with E-state index in [9.17, 15) is 9.90 Å². The van der Waals surface area contributed by atoms with Crippen LogP contribution in [0.15, 0.2) is 0 Å². The molecule has 2 rings (SSSR count). The Balaban J connectivity index is 1.94. The molecule has 116 valence electrons. The van der Waals surface area contributed by atoms with Crippen molar-refractivity contribution in [3.63, 3.8) is 0 Å². The number of aliphatic hydroxyl groups is 1. The quantitative estimate of drug-likeness (QED) is 0.782. The van der Waals surface area contributed by atoms with Crippen molar-refractivity contribution in [2.24, 2.45) is 5.41 Å². The molecule has 0 spiro atoms. The minimum atomic E-state index is -0.0272. The van der Waals surface area contributed by atoms with Crippen LogP contribution in [0.3, 0.4) is 0 Å². The van der Waals surface area contributed by atoms with Gasteiger partial charge in [-0.15, -0.1) is 0 Å². The summed E-state index contributed by atoms with van der Waals surface area (Å²) < 4.78 is 0. The van der Waals surface area contributed by atoms with Gasteiger partial charge in [0.1, 0.15) is 0 Å². The molecule has 2 fully saturated rings. The smallest absolute Gasteiger partial charge is 0.239 e. The number of rotatable bonds is 6. The maximum absolute atomic E-state index is 12.5. The molecule has 2 N–H and O–H groups in total. The second kappa shape index (κ2) is 7.41. The summed E-state index contributed by atoms with van der Waals surface area (Å²) >= 11 is 0. The first-order valence-electron chi connectivity index (χ1n) is 8.34. The van der Waals surface area contributed by atoms with E-state index in [2.05, 4.69) is 12.2 Å². The van der Waals surface area contributed by atoms with Crippen LogP contribution in [0.5, 0.6) is 0 Å². The van der Waals surface area contributed by atoms with Crippen LogP contribution in [0, 0.1) is 5.41 Å². The van der Waals surface area contributed by atoms with E-state index in [1.165, 1.54) is 19.3 Å². The molecule has 1 saturated carbocycles.